The highest BCUT2D eigenvalue weighted by atomic mass is 35.5. The Bertz CT molecular complexity index is 566. The van der Waals surface area contributed by atoms with Crippen LogP contribution in [0, 0.1) is 5.92 Å². The topological polar surface area (TPSA) is 81.6 Å². The lowest BCUT2D eigenvalue weighted by Gasteiger charge is -2.31. The molecule has 1 fully saturated rings. The minimum Gasteiger partial charge on any atom is -1.00 e. The van der Waals surface area contributed by atoms with Gasteiger partial charge in [0, 0.05) is 13.0 Å². The lowest BCUT2D eigenvalue weighted by atomic mass is 10.0. The number of hydrogen-bond acceptors (Lipinski definition) is 5. The fraction of sp³-hybridized carbons (Fsp3) is 0.650. The van der Waals surface area contributed by atoms with Crippen molar-refractivity contribution < 1.29 is 41.9 Å². The lowest BCUT2D eigenvalue weighted by molar-refractivity contribution is -0.410. The zero-order chi connectivity index (χ0) is 19.1. The van der Waals surface area contributed by atoms with Crippen LogP contribution in [0.2, 0.25) is 0 Å². The smallest absolute Gasteiger partial charge is 0.365 e. The number of methoxy groups -OCH3 is 1. The molecule has 2 rings (SSSR count). The van der Waals surface area contributed by atoms with Crippen LogP contribution < -0.4 is 27.6 Å². The predicted molar refractivity (Wildman–Crippen MR) is 98.1 cm³/mol. The Morgan fingerprint density at radius 3 is 2.41 bits per heavy atom. The molecule has 0 amide bonds. The van der Waals surface area contributed by atoms with Crippen LogP contribution in [0.25, 0.3) is 0 Å². The fourth-order valence-corrected chi connectivity index (χ4v) is 2.97. The van der Waals surface area contributed by atoms with Gasteiger partial charge in [0.15, 0.2) is 12.1 Å². The second kappa shape index (κ2) is 11.4. The van der Waals surface area contributed by atoms with Gasteiger partial charge in [-0.25, -0.2) is 4.79 Å². The van der Waals surface area contributed by atoms with Crippen LogP contribution in [0.5, 0.6) is 11.5 Å². The van der Waals surface area contributed by atoms with Gasteiger partial charge in [0.2, 0.25) is 0 Å². The highest BCUT2D eigenvalue weighted by Gasteiger charge is 2.36. The molecule has 7 heteroatoms. The number of quaternary nitrogens is 1. The molecule has 27 heavy (non-hydrogen) atoms. The molecule has 154 valence electrons. The second-order valence-corrected chi connectivity index (χ2v) is 7.29. The summed E-state index contributed by atoms with van der Waals surface area (Å²) in [5.41, 5.74) is 3.91. The largest absolute Gasteiger partial charge is 1.00 e. The maximum atomic E-state index is 12.2. The van der Waals surface area contributed by atoms with Crippen LogP contribution in [0.1, 0.15) is 40.0 Å². The second-order valence-electron chi connectivity index (χ2n) is 7.29. The number of carbonyl (C=O) groups excluding carboxylic acids is 1. The molecule has 6 nitrogen and oxygen atoms in total. The average Bonchev–Trinajstić information content (AvgIpc) is 2.66. The van der Waals surface area contributed by atoms with E-state index in [-0.39, 0.29) is 36.6 Å². The van der Waals surface area contributed by atoms with Crippen molar-refractivity contribution in [3.63, 3.8) is 0 Å². The predicted octanol–water partition coefficient (Wildman–Crippen LogP) is -0.786. The van der Waals surface area contributed by atoms with E-state index < -0.39 is 6.10 Å². The quantitative estimate of drug-likeness (QED) is 0.632. The van der Waals surface area contributed by atoms with E-state index >= 15 is 0 Å². The van der Waals surface area contributed by atoms with Gasteiger partial charge in [0.05, 0.1) is 13.2 Å². The molecule has 1 heterocycles. The highest BCUT2D eigenvalue weighted by Crippen LogP contribution is 2.25. The standard InChI is InChI=1S/C20H31NO5.ClH/c1-13(2)12-24-18-7-5-6-17(21)20(22)25-14(3)19(18)26-16-10-8-15(23-4)9-11-16;/h8-11,13-14,17-19H,5-7,12,21H2,1-4H3;1H/t14-,17-,18-,19-;/m0./s1. The molecule has 0 aliphatic carbocycles. The molecular weight excluding hydrogens is 370 g/mol. The molecular formula is C20H32ClNO5. The lowest BCUT2D eigenvalue weighted by Crippen LogP contribution is -3.00. The van der Waals surface area contributed by atoms with Crippen molar-refractivity contribution in [2.75, 3.05) is 13.7 Å². The van der Waals surface area contributed by atoms with Gasteiger partial charge in [-0.3, -0.25) is 0 Å². The molecule has 4 atom stereocenters. The Balaban J connectivity index is 0.00000364. The monoisotopic (exact) mass is 401 g/mol. The summed E-state index contributed by atoms with van der Waals surface area (Å²) >= 11 is 0. The first-order valence-electron chi connectivity index (χ1n) is 9.36. The third-order valence-electron chi connectivity index (χ3n) is 4.48. The Labute approximate surface area is 168 Å². The van der Waals surface area contributed by atoms with Gasteiger partial charge in [-0.15, -0.1) is 0 Å². The van der Waals surface area contributed by atoms with Crippen molar-refractivity contribution in [3.8, 4) is 11.5 Å². The maximum absolute atomic E-state index is 12.2. The van der Waals surface area contributed by atoms with Gasteiger partial charge in [-0.2, -0.15) is 0 Å². The van der Waals surface area contributed by atoms with E-state index in [0.717, 1.165) is 18.6 Å². The minimum atomic E-state index is -0.427. The number of hydrogen-bond donors (Lipinski definition) is 1. The van der Waals surface area contributed by atoms with Crippen LogP contribution in [-0.4, -0.2) is 44.0 Å². The molecule has 1 saturated heterocycles. The van der Waals surface area contributed by atoms with Gasteiger partial charge in [0.1, 0.15) is 17.6 Å². The number of esters is 1. The Morgan fingerprint density at radius 2 is 1.81 bits per heavy atom. The first-order chi connectivity index (χ1) is 12.4. The summed E-state index contributed by atoms with van der Waals surface area (Å²) in [5.74, 6) is 1.61. The fourth-order valence-electron chi connectivity index (χ4n) is 2.97. The van der Waals surface area contributed by atoms with Gasteiger partial charge < -0.3 is 37.1 Å². The number of cyclic esters (lactones) is 1. The number of rotatable bonds is 6. The van der Waals surface area contributed by atoms with Crippen molar-refractivity contribution in [1.29, 1.82) is 0 Å². The summed E-state index contributed by atoms with van der Waals surface area (Å²) in [6, 6.07) is 7.05. The van der Waals surface area contributed by atoms with Crippen LogP contribution in [0.4, 0.5) is 0 Å². The van der Waals surface area contributed by atoms with E-state index in [9.17, 15) is 4.79 Å². The summed E-state index contributed by atoms with van der Waals surface area (Å²) in [7, 11) is 1.63. The van der Waals surface area contributed by atoms with Crippen LogP contribution in [0.3, 0.4) is 0 Å². The van der Waals surface area contributed by atoms with E-state index in [1.165, 1.54) is 0 Å². The van der Waals surface area contributed by atoms with Crippen molar-refractivity contribution in [3.05, 3.63) is 24.3 Å². The summed E-state index contributed by atoms with van der Waals surface area (Å²) in [6.07, 6.45) is 1.40. The molecule has 0 unspecified atom stereocenters. The molecule has 0 bridgehead atoms. The summed E-state index contributed by atoms with van der Waals surface area (Å²) in [5, 5.41) is 0. The minimum absolute atomic E-state index is 0. The Hall–Kier alpha value is -1.50. The normalized spacial score (nSPS) is 26.2. The SMILES string of the molecule is COc1ccc(O[C@H]2[C@H](C)OC(=O)[C@@H]([NH3+])CCC[C@@H]2OCC(C)C)cc1.[Cl-]. The molecule has 1 aromatic rings. The van der Waals surface area contributed by atoms with Crippen molar-refractivity contribution in [1.82, 2.24) is 0 Å². The zero-order valence-corrected chi connectivity index (χ0v) is 17.4. The third-order valence-corrected chi connectivity index (χ3v) is 4.48. The Morgan fingerprint density at radius 1 is 1.19 bits per heavy atom. The number of ether oxygens (including phenoxy) is 4. The van der Waals surface area contributed by atoms with Crippen LogP contribution in [-0.2, 0) is 14.3 Å². The molecule has 3 N–H and O–H groups in total. The van der Waals surface area contributed by atoms with Gasteiger partial charge >= 0.3 is 5.97 Å². The van der Waals surface area contributed by atoms with Crippen molar-refractivity contribution in [2.45, 2.75) is 64.4 Å². The molecule has 1 aromatic carbocycles. The molecule has 0 radical (unpaired) electrons. The first kappa shape index (κ1) is 23.5. The Kier molecular flexibility index (Phi) is 9.91. The molecule has 1 aliphatic heterocycles. The molecule has 0 spiro atoms. The molecule has 0 aromatic heterocycles. The molecule has 0 saturated carbocycles. The van der Waals surface area contributed by atoms with E-state index in [4.69, 9.17) is 18.9 Å². The van der Waals surface area contributed by atoms with Crippen molar-refractivity contribution in [2.24, 2.45) is 5.92 Å². The molecule has 1 aliphatic rings. The van der Waals surface area contributed by atoms with E-state index in [1.807, 2.05) is 31.2 Å². The van der Waals surface area contributed by atoms with E-state index in [0.29, 0.717) is 24.7 Å². The average molecular weight is 402 g/mol. The number of benzene rings is 1. The van der Waals surface area contributed by atoms with Crippen LogP contribution in [0.15, 0.2) is 24.3 Å². The highest BCUT2D eigenvalue weighted by molar-refractivity contribution is 5.74. The summed E-state index contributed by atoms with van der Waals surface area (Å²) < 4.78 is 23.2. The first-order valence-corrected chi connectivity index (χ1v) is 9.36. The zero-order valence-electron chi connectivity index (χ0n) is 16.7. The van der Waals surface area contributed by atoms with Crippen LogP contribution >= 0.6 is 0 Å². The van der Waals surface area contributed by atoms with Gasteiger partial charge in [-0.1, -0.05) is 13.8 Å². The number of carbonyl (C=O) groups is 1. The van der Waals surface area contributed by atoms with Gasteiger partial charge in [0.25, 0.3) is 0 Å². The summed E-state index contributed by atoms with van der Waals surface area (Å²) in [6.45, 7) is 6.73. The van der Waals surface area contributed by atoms with E-state index in [2.05, 4.69) is 19.6 Å². The summed E-state index contributed by atoms with van der Waals surface area (Å²) in [4.78, 5) is 12.2. The van der Waals surface area contributed by atoms with Crippen molar-refractivity contribution >= 4 is 5.97 Å². The maximum Gasteiger partial charge on any atom is 0.365 e. The van der Waals surface area contributed by atoms with E-state index in [1.54, 1.807) is 7.11 Å². The number of halogens is 1. The van der Waals surface area contributed by atoms with Gasteiger partial charge in [-0.05, 0) is 49.9 Å². The third kappa shape index (κ3) is 7.20.